The van der Waals surface area contributed by atoms with Crippen LogP contribution in [0.5, 0.6) is 0 Å². The molecule has 1 aliphatic rings. The van der Waals surface area contributed by atoms with Gasteiger partial charge in [0.15, 0.2) is 0 Å². The lowest BCUT2D eigenvalue weighted by Crippen LogP contribution is -2.35. The average Bonchev–Trinajstić information content (AvgIpc) is 2.79. The fourth-order valence-electron chi connectivity index (χ4n) is 2.60. The van der Waals surface area contributed by atoms with Crippen molar-refractivity contribution in [3.63, 3.8) is 0 Å². The highest BCUT2D eigenvalue weighted by Crippen LogP contribution is 2.30. The van der Waals surface area contributed by atoms with E-state index in [1.54, 1.807) is 0 Å². The maximum absolute atomic E-state index is 13.2. The number of halogens is 2. The summed E-state index contributed by atoms with van der Waals surface area (Å²) in [6, 6.07) is 6.10. The first kappa shape index (κ1) is 14.4. The van der Waals surface area contributed by atoms with E-state index in [4.69, 9.17) is 0 Å². The van der Waals surface area contributed by atoms with Crippen LogP contribution in [0.25, 0.3) is 0 Å². The van der Waals surface area contributed by atoms with Gasteiger partial charge in [-0.3, -0.25) is 0 Å². The Hall–Kier alpha value is -0.0600. The van der Waals surface area contributed by atoms with Gasteiger partial charge in [-0.05, 0) is 59.6 Å². The lowest BCUT2D eigenvalue weighted by Gasteiger charge is -2.24. The van der Waals surface area contributed by atoms with Crippen LogP contribution in [0.3, 0.4) is 0 Å². The van der Waals surface area contributed by atoms with E-state index in [1.165, 1.54) is 25.3 Å². The van der Waals surface area contributed by atoms with Crippen molar-refractivity contribution < 1.29 is 4.39 Å². The third kappa shape index (κ3) is 3.28. The third-order valence-corrected chi connectivity index (χ3v) is 5.44. The summed E-state index contributed by atoms with van der Waals surface area (Å²) in [5.41, 5.74) is 1.13. The van der Waals surface area contributed by atoms with Gasteiger partial charge < -0.3 is 5.32 Å². The second-order valence-electron chi connectivity index (χ2n) is 4.87. The maximum atomic E-state index is 13.2. The molecule has 1 N–H and O–H groups in total. The smallest absolute Gasteiger partial charge is 0.137 e. The lowest BCUT2D eigenvalue weighted by molar-refractivity contribution is 0.467. The minimum atomic E-state index is -0.200. The van der Waals surface area contributed by atoms with Crippen LogP contribution in [0, 0.1) is 5.82 Å². The van der Waals surface area contributed by atoms with E-state index in [-0.39, 0.29) is 11.9 Å². The Bertz CT molecular complexity index is 413. The standard InChI is InChI=1S/C14H19BrFNS/c1-9(10-6-7-12(16)11(15)8-10)17-13-4-3-5-14(13)18-2/h6-9,13-14,17H,3-5H2,1-2H3. The molecule has 100 valence electrons. The van der Waals surface area contributed by atoms with Crippen molar-refractivity contribution in [3.05, 3.63) is 34.1 Å². The molecule has 18 heavy (non-hydrogen) atoms. The van der Waals surface area contributed by atoms with Crippen molar-refractivity contribution in [2.75, 3.05) is 6.26 Å². The molecule has 0 spiro atoms. The first-order valence-corrected chi connectivity index (χ1v) is 8.43. The van der Waals surface area contributed by atoms with Crippen LogP contribution < -0.4 is 5.32 Å². The normalized spacial score (nSPS) is 25.3. The summed E-state index contributed by atoms with van der Waals surface area (Å²) in [6.07, 6.45) is 6.05. The molecule has 0 aromatic heterocycles. The predicted molar refractivity (Wildman–Crippen MR) is 80.6 cm³/mol. The molecule has 3 atom stereocenters. The predicted octanol–water partition coefficient (Wildman–Crippen LogP) is 4.52. The molecule has 0 aliphatic heterocycles. The topological polar surface area (TPSA) is 12.0 Å². The van der Waals surface area contributed by atoms with Crippen molar-refractivity contribution in [1.29, 1.82) is 0 Å². The average molecular weight is 332 g/mol. The molecule has 1 fully saturated rings. The Morgan fingerprint density at radius 1 is 1.44 bits per heavy atom. The molecule has 0 bridgehead atoms. The van der Waals surface area contributed by atoms with E-state index < -0.39 is 0 Å². The van der Waals surface area contributed by atoms with E-state index in [0.717, 1.165) is 10.8 Å². The van der Waals surface area contributed by atoms with Crippen LogP contribution in [0.1, 0.15) is 37.8 Å². The highest BCUT2D eigenvalue weighted by Gasteiger charge is 2.27. The summed E-state index contributed by atoms with van der Waals surface area (Å²) in [6.45, 7) is 2.15. The molecular formula is C14H19BrFNS. The molecule has 1 aromatic rings. The van der Waals surface area contributed by atoms with E-state index in [9.17, 15) is 4.39 Å². The number of hydrogen-bond acceptors (Lipinski definition) is 2. The van der Waals surface area contributed by atoms with Crippen LogP contribution in [-0.4, -0.2) is 17.5 Å². The van der Waals surface area contributed by atoms with E-state index >= 15 is 0 Å². The van der Waals surface area contributed by atoms with Crippen molar-refractivity contribution in [2.24, 2.45) is 0 Å². The van der Waals surface area contributed by atoms with Gasteiger partial charge in [-0.2, -0.15) is 11.8 Å². The monoisotopic (exact) mass is 331 g/mol. The number of thioether (sulfide) groups is 1. The Morgan fingerprint density at radius 2 is 2.22 bits per heavy atom. The fourth-order valence-corrected chi connectivity index (χ4v) is 3.94. The number of rotatable bonds is 4. The van der Waals surface area contributed by atoms with Crippen LogP contribution >= 0.6 is 27.7 Å². The summed E-state index contributed by atoms with van der Waals surface area (Å²) >= 11 is 5.20. The maximum Gasteiger partial charge on any atom is 0.137 e. The van der Waals surface area contributed by atoms with E-state index in [1.807, 2.05) is 23.9 Å². The molecule has 0 heterocycles. The van der Waals surface area contributed by atoms with Crippen molar-refractivity contribution in [2.45, 2.75) is 43.5 Å². The highest BCUT2D eigenvalue weighted by atomic mass is 79.9. The summed E-state index contributed by atoms with van der Waals surface area (Å²) < 4.78 is 13.8. The van der Waals surface area contributed by atoms with Gasteiger partial charge in [0.2, 0.25) is 0 Å². The van der Waals surface area contributed by atoms with Crippen LogP contribution in [0.4, 0.5) is 4.39 Å². The number of nitrogens with one attached hydrogen (secondary N) is 1. The molecule has 1 saturated carbocycles. The Balaban J connectivity index is 2.02. The SMILES string of the molecule is CSC1CCCC1NC(C)c1ccc(F)c(Br)c1. The molecular weight excluding hydrogens is 313 g/mol. The zero-order valence-corrected chi connectivity index (χ0v) is 13.2. The van der Waals surface area contributed by atoms with Crippen LogP contribution in [0.2, 0.25) is 0 Å². The highest BCUT2D eigenvalue weighted by molar-refractivity contribution is 9.10. The van der Waals surface area contributed by atoms with Gasteiger partial charge in [0.25, 0.3) is 0 Å². The van der Waals surface area contributed by atoms with Gasteiger partial charge in [0, 0.05) is 17.3 Å². The van der Waals surface area contributed by atoms with Crippen molar-refractivity contribution >= 4 is 27.7 Å². The fraction of sp³-hybridized carbons (Fsp3) is 0.571. The first-order chi connectivity index (χ1) is 8.61. The Kier molecular flexibility index (Phi) is 5.10. The molecule has 0 saturated heterocycles. The molecule has 1 nitrogen and oxygen atoms in total. The zero-order chi connectivity index (χ0) is 13.1. The van der Waals surface area contributed by atoms with Gasteiger partial charge >= 0.3 is 0 Å². The summed E-state index contributed by atoms with van der Waals surface area (Å²) in [5, 5.41) is 4.40. The van der Waals surface area contributed by atoms with Gasteiger partial charge in [-0.15, -0.1) is 0 Å². The Labute approximate surface area is 121 Å². The van der Waals surface area contributed by atoms with Crippen molar-refractivity contribution in [1.82, 2.24) is 5.32 Å². The number of hydrogen-bond donors (Lipinski definition) is 1. The minimum Gasteiger partial charge on any atom is -0.306 e. The molecule has 2 rings (SSSR count). The summed E-state index contributed by atoms with van der Waals surface area (Å²) in [7, 11) is 0. The quantitative estimate of drug-likeness (QED) is 0.870. The summed E-state index contributed by atoms with van der Waals surface area (Å²) in [5.74, 6) is -0.200. The third-order valence-electron chi connectivity index (χ3n) is 3.66. The molecule has 0 radical (unpaired) electrons. The second-order valence-corrected chi connectivity index (χ2v) is 6.80. The van der Waals surface area contributed by atoms with Gasteiger partial charge in [-0.1, -0.05) is 12.5 Å². The molecule has 1 aliphatic carbocycles. The summed E-state index contributed by atoms with van der Waals surface area (Å²) in [4.78, 5) is 0. The zero-order valence-electron chi connectivity index (χ0n) is 10.7. The van der Waals surface area contributed by atoms with Crippen molar-refractivity contribution in [3.8, 4) is 0 Å². The molecule has 3 unspecified atom stereocenters. The largest absolute Gasteiger partial charge is 0.306 e. The lowest BCUT2D eigenvalue weighted by atomic mass is 10.1. The van der Waals surface area contributed by atoms with E-state index in [0.29, 0.717) is 10.5 Å². The van der Waals surface area contributed by atoms with Crippen LogP contribution in [0.15, 0.2) is 22.7 Å². The van der Waals surface area contributed by atoms with Gasteiger partial charge in [0.05, 0.1) is 4.47 Å². The molecule has 4 heteroatoms. The van der Waals surface area contributed by atoms with E-state index in [2.05, 4.69) is 34.4 Å². The van der Waals surface area contributed by atoms with Crippen LogP contribution in [-0.2, 0) is 0 Å². The second kappa shape index (κ2) is 6.40. The van der Waals surface area contributed by atoms with Gasteiger partial charge in [-0.25, -0.2) is 4.39 Å². The number of benzene rings is 1. The Morgan fingerprint density at radius 3 is 2.89 bits per heavy atom. The minimum absolute atomic E-state index is 0.200. The van der Waals surface area contributed by atoms with Gasteiger partial charge in [0.1, 0.15) is 5.82 Å². The molecule has 1 aromatic carbocycles. The first-order valence-electron chi connectivity index (χ1n) is 6.35. The molecule has 0 amide bonds.